The SMILES string of the molecule is CC1(CN)CCN(CC(=O)N2CCN(c3cccc(Cl)c3)CC2)C1. The van der Waals surface area contributed by atoms with Crippen molar-refractivity contribution >= 4 is 23.2 Å². The van der Waals surface area contributed by atoms with Crippen LogP contribution < -0.4 is 10.6 Å². The molecule has 2 fully saturated rings. The van der Waals surface area contributed by atoms with Gasteiger partial charge in [-0.25, -0.2) is 0 Å². The molecule has 1 aromatic rings. The van der Waals surface area contributed by atoms with Gasteiger partial charge in [0.05, 0.1) is 6.54 Å². The molecule has 2 heterocycles. The normalized spacial score (nSPS) is 25.3. The minimum Gasteiger partial charge on any atom is -0.368 e. The Labute approximate surface area is 149 Å². The van der Waals surface area contributed by atoms with Gasteiger partial charge in [0.2, 0.25) is 5.91 Å². The smallest absolute Gasteiger partial charge is 0.236 e. The summed E-state index contributed by atoms with van der Waals surface area (Å²) in [6, 6.07) is 7.91. The first-order valence-electron chi connectivity index (χ1n) is 8.70. The van der Waals surface area contributed by atoms with E-state index in [-0.39, 0.29) is 11.3 Å². The average Bonchev–Trinajstić information content (AvgIpc) is 2.96. The maximum Gasteiger partial charge on any atom is 0.236 e. The van der Waals surface area contributed by atoms with Crippen LogP contribution in [0.3, 0.4) is 0 Å². The van der Waals surface area contributed by atoms with Crippen LogP contribution in [0.1, 0.15) is 13.3 Å². The third-order valence-corrected chi connectivity index (χ3v) is 5.53. The third kappa shape index (κ3) is 4.02. The molecule has 2 aliphatic heterocycles. The number of carbonyl (C=O) groups excluding carboxylic acids is 1. The molecule has 0 radical (unpaired) electrons. The Balaban J connectivity index is 1.49. The zero-order valence-electron chi connectivity index (χ0n) is 14.4. The van der Waals surface area contributed by atoms with Crippen LogP contribution in [0, 0.1) is 5.41 Å². The van der Waals surface area contributed by atoms with Crippen LogP contribution in [-0.2, 0) is 4.79 Å². The predicted octanol–water partition coefficient (Wildman–Crippen LogP) is 1.66. The van der Waals surface area contributed by atoms with Crippen LogP contribution in [-0.4, -0.2) is 68.1 Å². The number of nitrogens with zero attached hydrogens (tertiary/aromatic N) is 3. The highest BCUT2D eigenvalue weighted by Gasteiger charge is 2.34. The van der Waals surface area contributed by atoms with Gasteiger partial charge in [0.25, 0.3) is 0 Å². The van der Waals surface area contributed by atoms with Crippen LogP contribution in [0.5, 0.6) is 0 Å². The zero-order chi connectivity index (χ0) is 17.2. The van der Waals surface area contributed by atoms with E-state index in [0.717, 1.165) is 56.4 Å². The van der Waals surface area contributed by atoms with Crippen molar-refractivity contribution in [2.75, 3.05) is 57.3 Å². The van der Waals surface area contributed by atoms with Crippen molar-refractivity contribution in [3.05, 3.63) is 29.3 Å². The van der Waals surface area contributed by atoms with E-state index in [0.29, 0.717) is 13.1 Å². The zero-order valence-corrected chi connectivity index (χ0v) is 15.1. The highest BCUT2D eigenvalue weighted by atomic mass is 35.5. The fourth-order valence-electron chi connectivity index (χ4n) is 3.61. The molecule has 1 unspecified atom stereocenters. The first kappa shape index (κ1) is 17.5. The summed E-state index contributed by atoms with van der Waals surface area (Å²) in [7, 11) is 0. The van der Waals surface area contributed by atoms with E-state index >= 15 is 0 Å². The standard InChI is InChI=1S/C18H27ClN4O/c1-18(13-20)5-6-21(14-18)12-17(24)23-9-7-22(8-10-23)16-4-2-3-15(19)11-16/h2-4,11H,5-10,12-14,20H2,1H3. The van der Waals surface area contributed by atoms with E-state index in [9.17, 15) is 4.79 Å². The Kier molecular flexibility index (Phi) is 5.33. The fraction of sp³-hybridized carbons (Fsp3) is 0.611. The van der Waals surface area contributed by atoms with Gasteiger partial charge in [0.15, 0.2) is 0 Å². The summed E-state index contributed by atoms with van der Waals surface area (Å²) in [5, 5.41) is 0.753. The summed E-state index contributed by atoms with van der Waals surface area (Å²) in [6.07, 6.45) is 1.08. The lowest BCUT2D eigenvalue weighted by molar-refractivity contribution is -0.132. The molecular formula is C18H27ClN4O. The summed E-state index contributed by atoms with van der Waals surface area (Å²) >= 11 is 6.07. The number of hydrogen-bond acceptors (Lipinski definition) is 4. The molecule has 1 aromatic carbocycles. The van der Waals surface area contributed by atoms with Crippen molar-refractivity contribution in [3.63, 3.8) is 0 Å². The van der Waals surface area contributed by atoms with Gasteiger partial charge >= 0.3 is 0 Å². The number of halogens is 1. The Bertz CT molecular complexity index is 588. The van der Waals surface area contributed by atoms with Gasteiger partial charge < -0.3 is 15.5 Å². The molecule has 1 amide bonds. The van der Waals surface area contributed by atoms with Crippen LogP contribution in [0.2, 0.25) is 5.02 Å². The molecule has 0 aromatic heterocycles. The van der Waals surface area contributed by atoms with Crippen molar-refractivity contribution in [1.29, 1.82) is 0 Å². The number of carbonyl (C=O) groups is 1. The number of hydrogen-bond donors (Lipinski definition) is 1. The molecule has 0 spiro atoms. The Morgan fingerprint density at radius 1 is 1.25 bits per heavy atom. The molecule has 2 N–H and O–H groups in total. The molecule has 0 bridgehead atoms. The topological polar surface area (TPSA) is 52.8 Å². The van der Waals surface area contributed by atoms with Crippen molar-refractivity contribution in [2.24, 2.45) is 11.1 Å². The molecular weight excluding hydrogens is 324 g/mol. The first-order chi connectivity index (χ1) is 11.5. The summed E-state index contributed by atoms with van der Waals surface area (Å²) < 4.78 is 0. The number of amides is 1. The fourth-order valence-corrected chi connectivity index (χ4v) is 3.79. The number of rotatable bonds is 4. The number of piperazine rings is 1. The van der Waals surface area contributed by atoms with Crippen molar-refractivity contribution < 1.29 is 4.79 Å². The number of nitrogens with two attached hydrogens (primary N) is 1. The molecule has 3 rings (SSSR count). The largest absolute Gasteiger partial charge is 0.368 e. The molecule has 6 heteroatoms. The second-order valence-electron chi connectivity index (χ2n) is 7.32. The van der Waals surface area contributed by atoms with Crippen LogP contribution in [0.4, 0.5) is 5.69 Å². The number of benzene rings is 1. The average molecular weight is 351 g/mol. The van der Waals surface area contributed by atoms with Gasteiger partial charge in [0, 0.05) is 43.4 Å². The quantitative estimate of drug-likeness (QED) is 0.897. The first-order valence-corrected chi connectivity index (χ1v) is 9.08. The molecule has 5 nitrogen and oxygen atoms in total. The lowest BCUT2D eigenvalue weighted by Crippen LogP contribution is -2.51. The summed E-state index contributed by atoms with van der Waals surface area (Å²) in [6.45, 7) is 8.57. The number of likely N-dealkylation sites (tertiary alicyclic amines) is 1. The van der Waals surface area contributed by atoms with Crippen molar-refractivity contribution in [3.8, 4) is 0 Å². The van der Waals surface area contributed by atoms with E-state index in [2.05, 4.69) is 22.8 Å². The molecule has 0 aliphatic carbocycles. The van der Waals surface area contributed by atoms with Gasteiger partial charge in [0.1, 0.15) is 0 Å². The van der Waals surface area contributed by atoms with Gasteiger partial charge in [-0.15, -0.1) is 0 Å². The second kappa shape index (κ2) is 7.30. The van der Waals surface area contributed by atoms with Crippen molar-refractivity contribution in [2.45, 2.75) is 13.3 Å². The number of anilines is 1. The maximum atomic E-state index is 12.6. The monoisotopic (exact) mass is 350 g/mol. The Morgan fingerprint density at radius 3 is 2.62 bits per heavy atom. The van der Waals surface area contributed by atoms with Crippen LogP contribution in [0.15, 0.2) is 24.3 Å². The third-order valence-electron chi connectivity index (χ3n) is 5.29. The lowest BCUT2D eigenvalue weighted by atomic mass is 9.90. The van der Waals surface area contributed by atoms with Crippen LogP contribution >= 0.6 is 11.6 Å². The van der Waals surface area contributed by atoms with Crippen molar-refractivity contribution in [1.82, 2.24) is 9.80 Å². The second-order valence-corrected chi connectivity index (χ2v) is 7.76. The summed E-state index contributed by atoms with van der Waals surface area (Å²) in [5.41, 5.74) is 7.15. The minimum atomic E-state index is 0.172. The molecule has 24 heavy (non-hydrogen) atoms. The molecule has 2 saturated heterocycles. The molecule has 0 saturated carbocycles. The highest BCUT2D eigenvalue weighted by molar-refractivity contribution is 6.30. The van der Waals surface area contributed by atoms with Gasteiger partial charge in [-0.3, -0.25) is 9.69 Å². The summed E-state index contributed by atoms with van der Waals surface area (Å²) in [5.74, 6) is 0.238. The van der Waals surface area contributed by atoms with E-state index in [1.807, 2.05) is 23.1 Å². The summed E-state index contributed by atoms with van der Waals surface area (Å²) in [4.78, 5) is 19.1. The van der Waals surface area contributed by atoms with Gasteiger partial charge in [-0.1, -0.05) is 24.6 Å². The maximum absolute atomic E-state index is 12.6. The molecule has 132 valence electrons. The van der Waals surface area contributed by atoms with E-state index < -0.39 is 0 Å². The Hall–Kier alpha value is -1.30. The molecule has 2 aliphatic rings. The lowest BCUT2D eigenvalue weighted by Gasteiger charge is -2.37. The van der Waals surface area contributed by atoms with E-state index in [4.69, 9.17) is 17.3 Å². The van der Waals surface area contributed by atoms with Gasteiger partial charge in [-0.05, 0) is 43.1 Å². The Morgan fingerprint density at radius 2 is 2.00 bits per heavy atom. The van der Waals surface area contributed by atoms with Gasteiger partial charge in [-0.2, -0.15) is 0 Å². The van der Waals surface area contributed by atoms with E-state index in [1.165, 1.54) is 0 Å². The molecule has 1 atom stereocenters. The predicted molar refractivity (Wildman–Crippen MR) is 98.5 cm³/mol. The van der Waals surface area contributed by atoms with E-state index in [1.54, 1.807) is 0 Å². The van der Waals surface area contributed by atoms with Crippen LogP contribution in [0.25, 0.3) is 0 Å². The minimum absolute atomic E-state index is 0.172. The highest BCUT2D eigenvalue weighted by Crippen LogP contribution is 2.28.